The third-order valence-electron chi connectivity index (χ3n) is 0.923. The van der Waals surface area contributed by atoms with Gasteiger partial charge in [0.1, 0.15) is 0 Å². The summed E-state index contributed by atoms with van der Waals surface area (Å²) in [5, 5.41) is 0.0741. The predicted molar refractivity (Wildman–Crippen MR) is 48.4 cm³/mol. The quantitative estimate of drug-likeness (QED) is 0.609. The van der Waals surface area contributed by atoms with Crippen LogP contribution in [0.25, 0.3) is 0 Å². The van der Waals surface area contributed by atoms with Gasteiger partial charge in [-0.15, -0.1) is 11.6 Å². The van der Waals surface area contributed by atoms with E-state index < -0.39 is 0 Å². The van der Waals surface area contributed by atoms with Gasteiger partial charge >= 0.3 is 0 Å². The number of allylic oxidation sites excluding steroid dienone is 6. The Bertz CT molecular complexity index is 160. The SMILES string of the molecule is ClC1C=CC=CC=C1.[C]=O.[C]=O.[W]. The zero-order valence-electron chi connectivity index (χ0n) is 6.64. The third kappa shape index (κ3) is 14.4. The molecule has 1 aliphatic rings. The van der Waals surface area contributed by atoms with Crippen LogP contribution in [0.2, 0.25) is 0 Å². The number of hydrogen-bond acceptors (Lipinski definition) is 2. The van der Waals surface area contributed by atoms with Crippen LogP contribution in [0.4, 0.5) is 0 Å². The van der Waals surface area contributed by atoms with Gasteiger partial charge in [-0.3, -0.25) is 9.59 Å². The van der Waals surface area contributed by atoms with Crippen LogP contribution in [0.3, 0.4) is 0 Å². The summed E-state index contributed by atoms with van der Waals surface area (Å²) in [5.41, 5.74) is 0. The molecular weight excluding hydrogens is 359 g/mol. The van der Waals surface area contributed by atoms with Gasteiger partial charge in [0.2, 0.25) is 0 Å². The Morgan fingerprint density at radius 2 is 1.15 bits per heavy atom. The molecule has 0 spiro atoms. The summed E-state index contributed by atoms with van der Waals surface area (Å²) in [7, 11) is 0. The number of carbonyl (C=O) groups excluding carboxylic acids is 2. The van der Waals surface area contributed by atoms with Crippen molar-refractivity contribution in [1.82, 2.24) is 0 Å². The monoisotopic (exact) mass is 366 g/mol. The van der Waals surface area contributed by atoms with Gasteiger partial charge in [0.05, 0.1) is 5.38 Å². The van der Waals surface area contributed by atoms with E-state index in [4.69, 9.17) is 21.2 Å². The molecule has 4 radical (unpaired) electrons. The molecule has 0 aromatic rings. The molecule has 0 fully saturated rings. The fourth-order valence-corrected chi connectivity index (χ4v) is 0.701. The average molecular weight is 366 g/mol. The molecule has 0 saturated heterocycles. The molecule has 2 nitrogen and oxygen atoms in total. The molecule has 1 aliphatic carbocycles. The first-order chi connectivity index (χ1) is 5.89. The van der Waals surface area contributed by atoms with Crippen LogP contribution in [0.1, 0.15) is 0 Å². The van der Waals surface area contributed by atoms with Crippen molar-refractivity contribution in [3.8, 4) is 0 Å². The van der Waals surface area contributed by atoms with Crippen molar-refractivity contribution in [2.45, 2.75) is 5.38 Å². The standard InChI is InChI=1S/C7H7Cl.2CO.W/c8-7-5-3-1-2-4-6-7;2*1-2;/h1-7H;;;. The number of alkyl halides is 1. The molecular formula is C9H7ClO2W. The van der Waals surface area contributed by atoms with Gasteiger partial charge in [-0.05, 0) is 0 Å². The Morgan fingerprint density at radius 3 is 1.46 bits per heavy atom. The average Bonchev–Trinajstić information content (AvgIpc) is 2.40. The van der Waals surface area contributed by atoms with Crippen LogP contribution < -0.4 is 0 Å². The van der Waals surface area contributed by atoms with Crippen molar-refractivity contribution >= 4 is 25.2 Å². The van der Waals surface area contributed by atoms with Crippen molar-refractivity contribution < 1.29 is 30.7 Å². The molecule has 13 heavy (non-hydrogen) atoms. The van der Waals surface area contributed by atoms with Crippen molar-refractivity contribution in [3.05, 3.63) is 36.5 Å². The third-order valence-corrected chi connectivity index (χ3v) is 1.21. The maximum absolute atomic E-state index is 7.50. The zero-order chi connectivity index (χ0) is 9.82. The fraction of sp³-hybridized carbons (Fsp3) is 0.111. The Balaban J connectivity index is -0.000000178. The number of rotatable bonds is 0. The summed E-state index contributed by atoms with van der Waals surface area (Å²) in [6.07, 6.45) is 11.7. The van der Waals surface area contributed by atoms with Crippen molar-refractivity contribution in [2.24, 2.45) is 0 Å². The Kier molecular flexibility index (Phi) is 24.8. The van der Waals surface area contributed by atoms with Crippen LogP contribution in [-0.4, -0.2) is 19.0 Å². The van der Waals surface area contributed by atoms with E-state index in [-0.39, 0.29) is 26.4 Å². The normalized spacial score (nSPS) is 12.4. The van der Waals surface area contributed by atoms with E-state index in [1.807, 2.05) is 36.5 Å². The van der Waals surface area contributed by atoms with Crippen LogP contribution in [-0.2, 0) is 30.7 Å². The minimum absolute atomic E-state index is 0. The second kappa shape index (κ2) is 17.6. The van der Waals surface area contributed by atoms with E-state index in [0.717, 1.165) is 0 Å². The predicted octanol–water partition coefficient (Wildman–Crippen LogP) is 1.48. The maximum atomic E-state index is 7.50. The first-order valence-electron chi connectivity index (χ1n) is 2.96. The van der Waals surface area contributed by atoms with Crippen molar-refractivity contribution in [3.63, 3.8) is 0 Å². The maximum Gasteiger partial charge on any atom is 0.281 e. The Hall–Kier alpha value is -0.462. The van der Waals surface area contributed by atoms with Gasteiger partial charge < -0.3 is 0 Å². The summed E-state index contributed by atoms with van der Waals surface area (Å²) in [5.74, 6) is 0. The van der Waals surface area contributed by atoms with Crippen molar-refractivity contribution in [2.75, 3.05) is 0 Å². The molecule has 0 saturated carbocycles. The minimum Gasteiger partial charge on any atom is -0.281 e. The smallest absolute Gasteiger partial charge is 0.281 e. The van der Waals surface area contributed by atoms with Crippen LogP contribution in [0.15, 0.2) is 36.5 Å². The second-order valence-electron chi connectivity index (χ2n) is 1.60. The van der Waals surface area contributed by atoms with E-state index in [1.54, 1.807) is 0 Å². The first kappa shape index (κ1) is 18.3. The van der Waals surface area contributed by atoms with Gasteiger partial charge in [0.15, 0.2) is 0 Å². The molecule has 1 rings (SSSR count). The topological polar surface area (TPSA) is 34.1 Å². The van der Waals surface area contributed by atoms with Crippen molar-refractivity contribution in [1.29, 1.82) is 0 Å². The van der Waals surface area contributed by atoms with Crippen LogP contribution >= 0.6 is 11.6 Å². The summed E-state index contributed by atoms with van der Waals surface area (Å²) in [4.78, 5) is 15.0. The van der Waals surface area contributed by atoms with E-state index in [1.165, 1.54) is 0 Å². The minimum atomic E-state index is 0. The summed E-state index contributed by atoms with van der Waals surface area (Å²) < 4.78 is 0. The van der Waals surface area contributed by atoms with E-state index in [2.05, 4.69) is 13.6 Å². The van der Waals surface area contributed by atoms with Gasteiger partial charge in [0.25, 0.3) is 13.6 Å². The molecule has 0 aliphatic heterocycles. The first-order valence-corrected chi connectivity index (χ1v) is 3.40. The zero-order valence-corrected chi connectivity index (χ0v) is 10.3. The molecule has 0 amide bonds. The fourth-order valence-electron chi connectivity index (χ4n) is 0.533. The number of hydrogen-bond donors (Lipinski definition) is 0. The van der Waals surface area contributed by atoms with Gasteiger partial charge in [-0.1, -0.05) is 36.5 Å². The van der Waals surface area contributed by atoms with Gasteiger partial charge in [-0.25, -0.2) is 0 Å². The van der Waals surface area contributed by atoms with Crippen LogP contribution in [0, 0.1) is 0 Å². The molecule has 0 atom stereocenters. The number of halogens is 1. The molecule has 0 bridgehead atoms. The van der Waals surface area contributed by atoms with Gasteiger partial charge in [-0.2, -0.15) is 0 Å². The Morgan fingerprint density at radius 1 is 0.846 bits per heavy atom. The van der Waals surface area contributed by atoms with E-state index in [0.29, 0.717) is 0 Å². The summed E-state index contributed by atoms with van der Waals surface area (Å²) in [6.45, 7) is 9.00. The van der Waals surface area contributed by atoms with Crippen LogP contribution in [0.5, 0.6) is 0 Å². The summed E-state index contributed by atoms with van der Waals surface area (Å²) in [6, 6.07) is 0. The molecule has 0 unspecified atom stereocenters. The largest absolute Gasteiger partial charge is 0.281 e. The second-order valence-corrected chi connectivity index (χ2v) is 2.10. The Labute approximate surface area is 97.6 Å². The summed E-state index contributed by atoms with van der Waals surface area (Å²) >= 11 is 5.71. The molecule has 0 N–H and O–H groups in total. The molecule has 0 heterocycles. The molecule has 0 aromatic heterocycles. The van der Waals surface area contributed by atoms with E-state index in [9.17, 15) is 0 Å². The van der Waals surface area contributed by atoms with Gasteiger partial charge in [0, 0.05) is 21.1 Å². The molecule has 68 valence electrons. The molecule has 4 heteroatoms. The molecule has 0 aromatic carbocycles. The van der Waals surface area contributed by atoms with E-state index >= 15 is 0 Å².